The van der Waals surface area contributed by atoms with E-state index in [2.05, 4.69) is 17.0 Å². The van der Waals surface area contributed by atoms with Crippen molar-refractivity contribution in [2.75, 3.05) is 26.9 Å². The first-order valence-corrected chi connectivity index (χ1v) is 5.75. The molecule has 4 nitrogen and oxygen atoms in total. The number of carbonyl (C=O) groups excluding carboxylic acids is 1. The van der Waals surface area contributed by atoms with Gasteiger partial charge in [0.2, 0.25) is 0 Å². The molecule has 1 fully saturated rings. The molecular formula is C13H17NO3. The van der Waals surface area contributed by atoms with Gasteiger partial charge in [0.05, 0.1) is 20.3 Å². The molecule has 0 bridgehead atoms. The van der Waals surface area contributed by atoms with Crippen LogP contribution in [0.15, 0.2) is 30.3 Å². The van der Waals surface area contributed by atoms with Gasteiger partial charge in [-0.25, -0.2) is 0 Å². The van der Waals surface area contributed by atoms with Crippen LogP contribution in [0.2, 0.25) is 0 Å². The van der Waals surface area contributed by atoms with Crippen molar-refractivity contribution >= 4 is 5.97 Å². The molecule has 1 aromatic carbocycles. The fourth-order valence-corrected chi connectivity index (χ4v) is 2.00. The van der Waals surface area contributed by atoms with Gasteiger partial charge in [-0.05, 0) is 5.56 Å². The Kier molecular flexibility index (Phi) is 4.12. The van der Waals surface area contributed by atoms with E-state index >= 15 is 0 Å². The average Bonchev–Trinajstić information content (AvgIpc) is 2.40. The molecule has 1 heterocycles. The van der Waals surface area contributed by atoms with Crippen LogP contribution in [0.3, 0.4) is 0 Å². The molecule has 0 amide bonds. The van der Waals surface area contributed by atoms with Gasteiger partial charge in [-0.3, -0.25) is 9.69 Å². The second-order valence-corrected chi connectivity index (χ2v) is 4.07. The summed E-state index contributed by atoms with van der Waals surface area (Å²) in [6.07, 6.45) is 0. The molecule has 1 atom stereocenters. The van der Waals surface area contributed by atoms with Gasteiger partial charge < -0.3 is 9.47 Å². The summed E-state index contributed by atoms with van der Waals surface area (Å²) in [6, 6.07) is 9.83. The highest BCUT2D eigenvalue weighted by atomic mass is 16.5. The Bertz CT molecular complexity index is 366. The van der Waals surface area contributed by atoms with Crippen molar-refractivity contribution in [1.82, 2.24) is 4.90 Å². The molecule has 1 aliphatic heterocycles. The van der Waals surface area contributed by atoms with E-state index in [1.807, 2.05) is 18.2 Å². The van der Waals surface area contributed by atoms with Crippen molar-refractivity contribution in [3.05, 3.63) is 35.9 Å². The minimum Gasteiger partial charge on any atom is -0.468 e. The summed E-state index contributed by atoms with van der Waals surface area (Å²) >= 11 is 0. The maximum absolute atomic E-state index is 11.6. The van der Waals surface area contributed by atoms with E-state index in [0.717, 1.165) is 13.1 Å². The number of hydrogen-bond donors (Lipinski definition) is 0. The van der Waals surface area contributed by atoms with E-state index in [4.69, 9.17) is 9.47 Å². The lowest BCUT2D eigenvalue weighted by molar-refractivity contribution is -0.153. The second kappa shape index (κ2) is 5.80. The van der Waals surface area contributed by atoms with E-state index in [-0.39, 0.29) is 12.0 Å². The normalized spacial score (nSPS) is 21.1. The van der Waals surface area contributed by atoms with Gasteiger partial charge in [-0.1, -0.05) is 30.3 Å². The second-order valence-electron chi connectivity index (χ2n) is 4.07. The van der Waals surface area contributed by atoms with Crippen molar-refractivity contribution < 1.29 is 14.3 Å². The van der Waals surface area contributed by atoms with Gasteiger partial charge in [0.15, 0.2) is 0 Å². The monoisotopic (exact) mass is 235 g/mol. The number of benzene rings is 1. The summed E-state index contributed by atoms with van der Waals surface area (Å²) in [5.74, 6) is -0.222. The Balaban J connectivity index is 2.04. The van der Waals surface area contributed by atoms with Crippen LogP contribution >= 0.6 is 0 Å². The summed E-state index contributed by atoms with van der Waals surface area (Å²) < 4.78 is 10.1. The molecule has 1 aliphatic rings. The van der Waals surface area contributed by atoms with Crippen LogP contribution in [-0.4, -0.2) is 43.8 Å². The molecule has 0 radical (unpaired) electrons. The van der Waals surface area contributed by atoms with Gasteiger partial charge in [-0.15, -0.1) is 0 Å². The Labute approximate surface area is 101 Å². The predicted octanol–water partition coefficient (Wildman–Crippen LogP) is 1.06. The van der Waals surface area contributed by atoms with E-state index in [9.17, 15) is 4.79 Å². The molecule has 17 heavy (non-hydrogen) atoms. The van der Waals surface area contributed by atoms with Crippen LogP contribution in [0.1, 0.15) is 5.56 Å². The molecule has 1 aromatic rings. The van der Waals surface area contributed by atoms with E-state index in [1.54, 1.807) is 0 Å². The lowest BCUT2D eigenvalue weighted by Gasteiger charge is -2.33. The average molecular weight is 235 g/mol. The first-order chi connectivity index (χ1) is 8.31. The minimum absolute atomic E-state index is 0.222. The standard InChI is InChI=1S/C13H17NO3/c1-16-13(15)12-10-17-8-7-14(12)9-11-5-3-2-4-6-11/h2-6,12H,7-10H2,1H3. The van der Waals surface area contributed by atoms with Gasteiger partial charge in [0, 0.05) is 13.1 Å². The molecular weight excluding hydrogens is 218 g/mol. The number of methoxy groups -OCH3 is 1. The fourth-order valence-electron chi connectivity index (χ4n) is 2.00. The van der Waals surface area contributed by atoms with Crippen LogP contribution in [0, 0.1) is 0 Å². The number of esters is 1. The Morgan fingerprint density at radius 3 is 2.94 bits per heavy atom. The summed E-state index contributed by atoms with van der Waals surface area (Å²) in [6.45, 7) is 2.60. The van der Waals surface area contributed by atoms with E-state index in [0.29, 0.717) is 13.2 Å². The zero-order valence-corrected chi connectivity index (χ0v) is 9.96. The topological polar surface area (TPSA) is 38.8 Å². The molecule has 92 valence electrons. The molecule has 0 aromatic heterocycles. The number of morpholine rings is 1. The van der Waals surface area contributed by atoms with Gasteiger partial charge in [0.1, 0.15) is 6.04 Å². The van der Waals surface area contributed by atoms with Crippen LogP contribution in [-0.2, 0) is 20.8 Å². The SMILES string of the molecule is COC(=O)C1COCCN1Cc1ccccc1. The highest BCUT2D eigenvalue weighted by molar-refractivity contribution is 5.75. The zero-order valence-electron chi connectivity index (χ0n) is 9.96. The lowest BCUT2D eigenvalue weighted by Crippen LogP contribution is -2.49. The minimum atomic E-state index is -0.283. The van der Waals surface area contributed by atoms with Crippen molar-refractivity contribution in [3.8, 4) is 0 Å². The Morgan fingerprint density at radius 2 is 2.24 bits per heavy atom. The summed E-state index contributed by atoms with van der Waals surface area (Å²) in [5.41, 5.74) is 1.20. The molecule has 4 heteroatoms. The smallest absolute Gasteiger partial charge is 0.325 e. The van der Waals surface area contributed by atoms with Crippen molar-refractivity contribution in [1.29, 1.82) is 0 Å². The first-order valence-electron chi connectivity index (χ1n) is 5.75. The van der Waals surface area contributed by atoms with Gasteiger partial charge in [0.25, 0.3) is 0 Å². The lowest BCUT2D eigenvalue weighted by atomic mass is 10.1. The van der Waals surface area contributed by atoms with E-state index in [1.165, 1.54) is 12.7 Å². The number of nitrogens with zero attached hydrogens (tertiary/aromatic N) is 1. The first kappa shape index (κ1) is 12.1. The number of ether oxygens (including phenoxy) is 2. The number of hydrogen-bond acceptors (Lipinski definition) is 4. The Morgan fingerprint density at radius 1 is 1.47 bits per heavy atom. The highest BCUT2D eigenvalue weighted by Gasteiger charge is 2.29. The largest absolute Gasteiger partial charge is 0.468 e. The highest BCUT2D eigenvalue weighted by Crippen LogP contribution is 2.13. The molecule has 0 spiro atoms. The molecule has 1 saturated heterocycles. The van der Waals surface area contributed by atoms with Crippen molar-refractivity contribution in [2.45, 2.75) is 12.6 Å². The molecule has 0 aliphatic carbocycles. The Hall–Kier alpha value is -1.39. The molecule has 0 saturated carbocycles. The maximum Gasteiger partial charge on any atom is 0.325 e. The summed E-state index contributed by atoms with van der Waals surface area (Å²) in [5, 5.41) is 0. The van der Waals surface area contributed by atoms with Gasteiger partial charge >= 0.3 is 5.97 Å². The van der Waals surface area contributed by atoms with Crippen LogP contribution < -0.4 is 0 Å². The molecule has 1 unspecified atom stereocenters. The third-order valence-electron chi connectivity index (χ3n) is 2.94. The quantitative estimate of drug-likeness (QED) is 0.734. The maximum atomic E-state index is 11.6. The van der Waals surface area contributed by atoms with Crippen molar-refractivity contribution in [2.24, 2.45) is 0 Å². The predicted molar refractivity (Wildman–Crippen MR) is 63.5 cm³/mol. The van der Waals surface area contributed by atoms with Gasteiger partial charge in [-0.2, -0.15) is 0 Å². The van der Waals surface area contributed by atoms with Crippen LogP contribution in [0.25, 0.3) is 0 Å². The fraction of sp³-hybridized carbons (Fsp3) is 0.462. The molecule has 0 N–H and O–H groups in total. The zero-order chi connectivity index (χ0) is 12.1. The summed E-state index contributed by atoms with van der Waals surface area (Å²) in [7, 11) is 1.41. The third kappa shape index (κ3) is 3.05. The molecule has 2 rings (SSSR count). The summed E-state index contributed by atoms with van der Waals surface area (Å²) in [4.78, 5) is 13.7. The van der Waals surface area contributed by atoms with E-state index < -0.39 is 0 Å². The number of carbonyl (C=O) groups is 1. The third-order valence-corrected chi connectivity index (χ3v) is 2.94. The van der Waals surface area contributed by atoms with Crippen LogP contribution in [0.4, 0.5) is 0 Å². The number of rotatable bonds is 3. The van der Waals surface area contributed by atoms with Crippen molar-refractivity contribution in [3.63, 3.8) is 0 Å². The van der Waals surface area contributed by atoms with Crippen LogP contribution in [0.5, 0.6) is 0 Å².